The van der Waals surface area contributed by atoms with Crippen molar-refractivity contribution in [3.05, 3.63) is 70.2 Å². The van der Waals surface area contributed by atoms with Crippen LogP contribution >= 0.6 is 15.9 Å². The second-order valence-corrected chi connectivity index (χ2v) is 5.68. The number of allylic oxidation sites excluding steroid dienone is 1. The lowest BCUT2D eigenvalue weighted by molar-refractivity contribution is -0.137. The van der Waals surface area contributed by atoms with Crippen LogP contribution in [0.15, 0.2) is 59.1 Å². The van der Waals surface area contributed by atoms with Gasteiger partial charge >= 0.3 is 5.97 Å². The van der Waals surface area contributed by atoms with E-state index in [1.807, 2.05) is 24.3 Å². The first-order valence-electron chi connectivity index (χ1n) is 6.97. The quantitative estimate of drug-likeness (QED) is 0.582. The van der Waals surface area contributed by atoms with Gasteiger partial charge in [0, 0.05) is 10.0 Å². The first-order chi connectivity index (χ1) is 11.0. The second kappa shape index (κ2) is 8.29. The van der Waals surface area contributed by atoms with Crippen molar-refractivity contribution in [1.29, 1.82) is 0 Å². The van der Waals surface area contributed by atoms with Crippen molar-refractivity contribution in [3.63, 3.8) is 0 Å². The lowest BCUT2D eigenvalue weighted by Gasteiger charge is -2.04. The van der Waals surface area contributed by atoms with Gasteiger partial charge in [0.25, 0.3) is 0 Å². The van der Waals surface area contributed by atoms with E-state index >= 15 is 0 Å². The van der Waals surface area contributed by atoms with Crippen LogP contribution < -0.4 is 4.74 Å². The molecular formula is C18H15BrO4. The highest BCUT2D eigenvalue weighted by Gasteiger charge is 2.01. The first kappa shape index (κ1) is 17.0. The molecule has 2 aromatic carbocycles. The van der Waals surface area contributed by atoms with Crippen molar-refractivity contribution in [2.24, 2.45) is 0 Å². The molecule has 0 aliphatic heterocycles. The number of hydrogen-bond acceptors (Lipinski definition) is 3. The minimum Gasteiger partial charge on any atom is -0.493 e. The molecule has 2 rings (SSSR count). The summed E-state index contributed by atoms with van der Waals surface area (Å²) in [5, 5.41) is 8.54. The molecule has 0 atom stereocenters. The van der Waals surface area contributed by atoms with Gasteiger partial charge in [-0.15, -0.1) is 0 Å². The number of benzene rings is 2. The Morgan fingerprint density at radius 1 is 1.04 bits per heavy atom. The van der Waals surface area contributed by atoms with Gasteiger partial charge in [0.15, 0.2) is 5.78 Å². The zero-order valence-electron chi connectivity index (χ0n) is 12.2. The summed E-state index contributed by atoms with van der Waals surface area (Å²) >= 11 is 3.33. The Bertz CT molecular complexity index is 703. The molecule has 118 valence electrons. The molecule has 0 aromatic heterocycles. The van der Waals surface area contributed by atoms with Gasteiger partial charge in [0.1, 0.15) is 5.75 Å². The van der Waals surface area contributed by atoms with Crippen LogP contribution in [0.5, 0.6) is 5.75 Å². The van der Waals surface area contributed by atoms with Gasteiger partial charge in [-0.1, -0.05) is 34.1 Å². The average molecular weight is 375 g/mol. The zero-order chi connectivity index (χ0) is 16.7. The van der Waals surface area contributed by atoms with Crippen molar-refractivity contribution >= 4 is 33.8 Å². The number of carboxylic acid groups (broad SMARTS) is 1. The van der Waals surface area contributed by atoms with Crippen molar-refractivity contribution in [3.8, 4) is 5.75 Å². The van der Waals surface area contributed by atoms with Gasteiger partial charge < -0.3 is 9.84 Å². The highest BCUT2D eigenvalue weighted by molar-refractivity contribution is 9.10. The fourth-order valence-corrected chi connectivity index (χ4v) is 2.08. The van der Waals surface area contributed by atoms with Crippen LogP contribution in [0.1, 0.15) is 22.3 Å². The molecule has 0 fully saturated rings. The molecule has 0 radical (unpaired) electrons. The number of hydrogen-bond donors (Lipinski definition) is 1. The Balaban J connectivity index is 1.93. The highest BCUT2D eigenvalue weighted by Crippen LogP contribution is 2.15. The third kappa shape index (κ3) is 5.71. The van der Waals surface area contributed by atoms with E-state index in [0.717, 1.165) is 10.0 Å². The maximum Gasteiger partial charge on any atom is 0.306 e. The maximum atomic E-state index is 12.0. The van der Waals surface area contributed by atoms with Gasteiger partial charge in [0.2, 0.25) is 0 Å². The summed E-state index contributed by atoms with van der Waals surface area (Å²) in [6.07, 6.45) is 3.21. The van der Waals surface area contributed by atoms with Crippen molar-refractivity contribution in [2.45, 2.75) is 6.42 Å². The molecule has 0 saturated heterocycles. The lowest BCUT2D eigenvalue weighted by Crippen LogP contribution is -2.04. The van der Waals surface area contributed by atoms with E-state index < -0.39 is 5.97 Å². The molecule has 0 saturated carbocycles. The van der Waals surface area contributed by atoms with E-state index in [1.165, 1.54) is 6.08 Å². The largest absolute Gasteiger partial charge is 0.493 e. The van der Waals surface area contributed by atoms with Crippen LogP contribution in [-0.4, -0.2) is 23.5 Å². The number of carbonyl (C=O) groups excluding carboxylic acids is 1. The van der Waals surface area contributed by atoms with Gasteiger partial charge in [-0.05, 0) is 48.0 Å². The molecule has 2 aromatic rings. The SMILES string of the molecule is O=C(O)CCOc1ccc(/C=C/C(=O)c2ccc(Br)cc2)cc1. The van der Waals surface area contributed by atoms with Crippen LogP contribution in [0.3, 0.4) is 0 Å². The number of aliphatic carboxylic acids is 1. The lowest BCUT2D eigenvalue weighted by atomic mass is 10.1. The molecule has 0 unspecified atom stereocenters. The zero-order valence-corrected chi connectivity index (χ0v) is 13.8. The molecule has 23 heavy (non-hydrogen) atoms. The summed E-state index contributed by atoms with van der Waals surface area (Å²) in [5.74, 6) is -0.363. The number of carboxylic acids is 1. The van der Waals surface area contributed by atoms with Crippen molar-refractivity contribution in [1.82, 2.24) is 0 Å². The van der Waals surface area contributed by atoms with Gasteiger partial charge in [-0.25, -0.2) is 0 Å². The Morgan fingerprint density at radius 2 is 1.70 bits per heavy atom. The summed E-state index contributed by atoms with van der Waals surface area (Å²) in [5.41, 5.74) is 1.49. The fraction of sp³-hybridized carbons (Fsp3) is 0.111. The summed E-state index contributed by atoms with van der Waals surface area (Å²) in [7, 11) is 0. The van der Waals surface area contributed by atoms with Crippen LogP contribution in [0.25, 0.3) is 6.08 Å². The van der Waals surface area contributed by atoms with Crippen LogP contribution in [0.2, 0.25) is 0 Å². The third-order valence-corrected chi connectivity index (χ3v) is 3.55. The van der Waals surface area contributed by atoms with Crippen LogP contribution in [-0.2, 0) is 4.79 Å². The molecule has 0 heterocycles. The minimum atomic E-state index is -0.893. The number of ether oxygens (including phenoxy) is 1. The Kier molecular flexibility index (Phi) is 6.11. The summed E-state index contributed by atoms with van der Waals surface area (Å²) in [6.45, 7) is 0.132. The minimum absolute atomic E-state index is 0.0383. The monoisotopic (exact) mass is 374 g/mol. The second-order valence-electron chi connectivity index (χ2n) is 4.77. The third-order valence-electron chi connectivity index (χ3n) is 3.02. The molecule has 0 amide bonds. The molecule has 4 nitrogen and oxygen atoms in total. The van der Waals surface area contributed by atoms with Crippen molar-refractivity contribution < 1.29 is 19.4 Å². The Labute approximate surface area is 142 Å². The smallest absolute Gasteiger partial charge is 0.306 e. The van der Waals surface area contributed by atoms with E-state index in [2.05, 4.69) is 15.9 Å². The van der Waals surface area contributed by atoms with E-state index in [4.69, 9.17) is 9.84 Å². The summed E-state index contributed by atoms with van der Waals surface area (Å²) in [6, 6.07) is 14.3. The topological polar surface area (TPSA) is 63.6 Å². The number of rotatable bonds is 7. The van der Waals surface area contributed by atoms with Crippen molar-refractivity contribution in [2.75, 3.05) is 6.61 Å². The van der Waals surface area contributed by atoms with Gasteiger partial charge in [0.05, 0.1) is 13.0 Å². The molecule has 0 aliphatic carbocycles. The normalized spacial score (nSPS) is 10.7. The van der Waals surface area contributed by atoms with Crippen LogP contribution in [0, 0.1) is 0 Å². The molecule has 0 aliphatic rings. The first-order valence-corrected chi connectivity index (χ1v) is 7.76. The average Bonchev–Trinajstić information content (AvgIpc) is 2.54. The number of ketones is 1. The van der Waals surface area contributed by atoms with Gasteiger partial charge in [-0.2, -0.15) is 0 Å². The maximum absolute atomic E-state index is 12.0. The molecule has 0 bridgehead atoms. The highest BCUT2D eigenvalue weighted by atomic mass is 79.9. The van der Waals surface area contributed by atoms with E-state index in [-0.39, 0.29) is 18.8 Å². The predicted molar refractivity (Wildman–Crippen MR) is 91.7 cm³/mol. The fourth-order valence-electron chi connectivity index (χ4n) is 1.81. The van der Waals surface area contributed by atoms with E-state index in [0.29, 0.717) is 11.3 Å². The standard InChI is InChI=1S/C18H15BrO4/c19-15-6-4-14(5-7-15)17(20)10-3-13-1-8-16(9-2-13)23-12-11-18(21)22/h1-10H,11-12H2,(H,21,22)/b10-3+. The molecular weight excluding hydrogens is 360 g/mol. The summed E-state index contributed by atoms with van der Waals surface area (Å²) < 4.78 is 6.23. The molecule has 5 heteroatoms. The molecule has 1 N–H and O–H groups in total. The number of carbonyl (C=O) groups is 2. The van der Waals surface area contributed by atoms with E-state index in [1.54, 1.807) is 30.3 Å². The molecule has 0 spiro atoms. The van der Waals surface area contributed by atoms with Crippen LogP contribution in [0.4, 0.5) is 0 Å². The predicted octanol–water partition coefficient (Wildman–Crippen LogP) is 4.20. The Hall–Kier alpha value is -2.40. The van der Waals surface area contributed by atoms with Gasteiger partial charge in [-0.3, -0.25) is 9.59 Å². The Morgan fingerprint density at radius 3 is 2.30 bits per heavy atom. The summed E-state index contributed by atoms with van der Waals surface area (Å²) in [4.78, 5) is 22.4. The number of halogens is 1. The van der Waals surface area contributed by atoms with E-state index in [9.17, 15) is 9.59 Å².